The van der Waals surface area contributed by atoms with E-state index in [0.717, 1.165) is 16.9 Å². The van der Waals surface area contributed by atoms with Crippen LogP contribution in [0.15, 0.2) is 18.2 Å². The summed E-state index contributed by atoms with van der Waals surface area (Å²) in [7, 11) is 0. The lowest BCUT2D eigenvalue weighted by Crippen LogP contribution is -2.31. The van der Waals surface area contributed by atoms with E-state index < -0.39 is 0 Å². The zero-order valence-electron chi connectivity index (χ0n) is 12.0. The highest BCUT2D eigenvalue weighted by Gasteiger charge is 2.22. The lowest BCUT2D eigenvalue weighted by Gasteiger charge is -2.26. The molecule has 0 fully saturated rings. The maximum absolute atomic E-state index is 9.04. The van der Waals surface area contributed by atoms with Crippen molar-refractivity contribution in [2.75, 3.05) is 6.61 Å². The molecule has 106 valence electrons. The molecule has 0 bridgehead atoms. The summed E-state index contributed by atoms with van der Waals surface area (Å²) in [6, 6.07) is 7.63. The fraction of sp³-hybridized carbons (Fsp3) is 0.467. The summed E-state index contributed by atoms with van der Waals surface area (Å²) in [4.78, 5) is 4.52. The number of fused-ring (bicyclic) bond motifs is 1. The maximum Gasteiger partial charge on any atom is 0.124 e. The highest BCUT2D eigenvalue weighted by atomic mass is 35.5. The van der Waals surface area contributed by atoms with E-state index in [4.69, 9.17) is 21.6 Å². The van der Waals surface area contributed by atoms with Gasteiger partial charge in [0.25, 0.3) is 0 Å². The van der Waals surface area contributed by atoms with Crippen molar-refractivity contribution in [3.63, 3.8) is 0 Å². The largest absolute Gasteiger partial charge is 0.374 e. The maximum atomic E-state index is 9.04. The molecular weight excluding hydrogens is 274 g/mol. The van der Waals surface area contributed by atoms with Crippen LogP contribution in [0.4, 0.5) is 0 Å². The Kier molecular flexibility index (Phi) is 4.32. The Balaban J connectivity index is 2.52. The highest BCUT2D eigenvalue weighted by molar-refractivity contribution is 6.16. The zero-order chi connectivity index (χ0) is 14.8. The van der Waals surface area contributed by atoms with E-state index in [1.807, 2.05) is 37.5 Å². The van der Waals surface area contributed by atoms with Gasteiger partial charge in [0.1, 0.15) is 5.82 Å². The molecule has 0 N–H and O–H groups in total. The molecule has 0 amide bonds. The molecule has 0 spiro atoms. The monoisotopic (exact) mass is 291 g/mol. The summed E-state index contributed by atoms with van der Waals surface area (Å²) in [6.45, 7) is 7.35. The predicted molar refractivity (Wildman–Crippen MR) is 79.7 cm³/mol. The summed E-state index contributed by atoms with van der Waals surface area (Å²) in [5.41, 5.74) is 2.08. The molecule has 0 aliphatic carbocycles. The third-order valence-electron chi connectivity index (χ3n) is 3.15. The number of hydrogen-bond acceptors (Lipinski definition) is 3. The van der Waals surface area contributed by atoms with Crippen molar-refractivity contribution in [2.24, 2.45) is 0 Å². The number of alkyl halides is 1. The molecule has 0 saturated heterocycles. The van der Waals surface area contributed by atoms with E-state index in [-0.39, 0.29) is 5.60 Å². The quantitative estimate of drug-likeness (QED) is 0.793. The molecule has 20 heavy (non-hydrogen) atoms. The summed E-state index contributed by atoms with van der Waals surface area (Å²) >= 11 is 5.99. The molecule has 1 heterocycles. The Morgan fingerprint density at radius 3 is 2.80 bits per heavy atom. The molecule has 0 radical (unpaired) electrons. The lowest BCUT2D eigenvalue weighted by molar-refractivity contribution is -0.0220. The lowest BCUT2D eigenvalue weighted by atomic mass is 10.1. The van der Waals surface area contributed by atoms with E-state index >= 15 is 0 Å². The van der Waals surface area contributed by atoms with Gasteiger partial charge < -0.3 is 9.30 Å². The number of hydrogen-bond donors (Lipinski definition) is 0. The van der Waals surface area contributed by atoms with Crippen LogP contribution in [0.25, 0.3) is 11.0 Å². The molecule has 0 aliphatic heterocycles. The van der Waals surface area contributed by atoms with Crippen LogP contribution in [0.1, 0.15) is 32.2 Å². The Labute approximate surface area is 123 Å². The van der Waals surface area contributed by atoms with E-state index in [2.05, 4.69) is 11.1 Å². The van der Waals surface area contributed by atoms with E-state index in [1.165, 1.54) is 0 Å². The van der Waals surface area contributed by atoms with Gasteiger partial charge in [-0.3, -0.25) is 0 Å². The van der Waals surface area contributed by atoms with Crippen molar-refractivity contribution in [1.29, 1.82) is 5.26 Å². The van der Waals surface area contributed by atoms with Gasteiger partial charge in [0.05, 0.1) is 40.7 Å². The second-order valence-electron chi connectivity index (χ2n) is 5.26. The summed E-state index contributed by atoms with van der Waals surface area (Å²) in [5, 5.41) is 9.04. The molecule has 1 aromatic carbocycles. The number of rotatable bonds is 5. The molecule has 2 rings (SSSR count). The van der Waals surface area contributed by atoms with Crippen LogP contribution in [0.2, 0.25) is 0 Å². The van der Waals surface area contributed by atoms with Crippen molar-refractivity contribution in [3.8, 4) is 6.07 Å². The minimum atomic E-state index is -0.314. The zero-order valence-corrected chi connectivity index (χ0v) is 12.7. The van der Waals surface area contributed by atoms with E-state index in [1.54, 1.807) is 6.07 Å². The number of aromatic nitrogens is 2. The molecule has 0 aliphatic rings. The van der Waals surface area contributed by atoms with Crippen molar-refractivity contribution >= 4 is 22.6 Å². The van der Waals surface area contributed by atoms with Gasteiger partial charge in [-0.1, -0.05) is 0 Å². The second-order valence-corrected chi connectivity index (χ2v) is 5.52. The van der Waals surface area contributed by atoms with Crippen molar-refractivity contribution in [1.82, 2.24) is 9.55 Å². The summed E-state index contributed by atoms with van der Waals surface area (Å²) in [5.74, 6) is 1.13. The first-order valence-corrected chi connectivity index (χ1v) is 7.13. The van der Waals surface area contributed by atoms with E-state index in [9.17, 15) is 0 Å². The minimum Gasteiger partial charge on any atom is -0.374 e. The van der Waals surface area contributed by atoms with Gasteiger partial charge in [-0.25, -0.2) is 4.98 Å². The highest BCUT2D eigenvalue weighted by Crippen LogP contribution is 2.23. The Hall–Kier alpha value is -1.57. The Morgan fingerprint density at radius 2 is 2.20 bits per heavy atom. The predicted octanol–water partition coefficient (Wildman–Crippen LogP) is 3.46. The van der Waals surface area contributed by atoms with Gasteiger partial charge in [-0.05, 0) is 39.0 Å². The molecule has 0 atom stereocenters. The number of halogens is 1. The Bertz CT molecular complexity index is 655. The summed E-state index contributed by atoms with van der Waals surface area (Å²) < 4.78 is 7.79. The second kappa shape index (κ2) is 5.82. The average Bonchev–Trinajstić information content (AvgIpc) is 2.75. The average molecular weight is 292 g/mol. The fourth-order valence-electron chi connectivity index (χ4n) is 2.34. The summed E-state index contributed by atoms with van der Waals surface area (Å²) in [6.07, 6.45) is 0. The van der Waals surface area contributed by atoms with E-state index in [0.29, 0.717) is 24.6 Å². The molecule has 0 saturated carbocycles. The van der Waals surface area contributed by atoms with Gasteiger partial charge in [-0.2, -0.15) is 5.26 Å². The number of benzene rings is 1. The van der Waals surface area contributed by atoms with Gasteiger partial charge in [-0.15, -0.1) is 11.6 Å². The molecule has 1 aromatic heterocycles. The SMILES string of the molecule is CCOC(C)(C)Cn1c(CCl)nc2ccc(C#N)cc21. The Morgan fingerprint density at radius 1 is 1.45 bits per heavy atom. The molecule has 0 unspecified atom stereocenters. The molecule has 5 heteroatoms. The van der Waals surface area contributed by atoms with Gasteiger partial charge >= 0.3 is 0 Å². The van der Waals surface area contributed by atoms with Crippen LogP contribution >= 0.6 is 11.6 Å². The number of imidazole rings is 1. The van der Waals surface area contributed by atoms with Crippen LogP contribution < -0.4 is 0 Å². The van der Waals surface area contributed by atoms with Crippen molar-refractivity contribution in [2.45, 2.75) is 38.8 Å². The third-order valence-corrected chi connectivity index (χ3v) is 3.39. The normalized spacial score (nSPS) is 11.8. The number of nitrogens with zero attached hydrogens (tertiary/aromatic N) is 3. The smallest absolute Gasteiger partial charge is 0.124 e. The molecule has 4 nitrogen and oxygen atoms in total. The number of ether oxygens (including phenoxy) is 1. The van der Waals surface area contributed by atoms with Gasteiger partial charge in [0.2, 0.25) is 0 Å². The minimum absolute atomic E-state index is 0.314. The van der Waals surface area contributed by atoms with Gasteiger partial charge in [0.15, 0.2) is 0 Å². The first-order valence-electron chi connectivity index (χ1n) is 6.60. The first-order chi connectivity index (χ1) is 9.50. The molecule has 2 aromatic rings. The topological polar surface area (TPSA) is 50.8 Å². The van der Waals surface area contributed by atoms with Crippen molar-refractivity contribution < 1.29 is 4.74 Å². The van der Waals surface area contributed by atoms with Gasteiger partial charge in [0, 0.05) is 6.61 Å². The fourth-order valence-corrected chi connectivity index (χ4v) is 2.54. The van der Waals surface area contributed by atoms with Crippen LogP contribution in [0.3, 0.4) is 0 Å². The standard InChI is InChI=1S/C15H18ClN3O/c1-4-20-15(2,3)10-19-13-7-11(9-17)5-6-12(13)18-14(19)8-16/h5-7H,4,8,10H2,1-3H3. The van der Waals surface area contributed by atoms with Crippen LogP contribution in [0, 0.1) is 11.3 Å². The van der Waals surface area contributed by atoms with Crippen molar-refractivity contribution in [3.05, 3.63) is 29.6 Å². The number of nitriles is 1. The van der Waals surface area contributed by atoms with Crippen LogP contribution in [0.5, 0.6) is 0 Å². The third kappa shape index (κ3) is 2.95. The first kappa shape index (κ1) is 14.8. The van der Waals surface area contributed by atoms with Crippen LogP contribution in [-0.4, -0.2) is 21.8 Å². The molecular formula is C15H18ClN3O. The van der Waals surface area contributed by atoms with Crippen LogP contribution in [-0.2, 0) is 17.2 Å².